The standard InChI is InChI=1S/C12H18N2O/c1-9-4-5-14-7-11(9)12(13)10-3-2-6-15-8-10/h4-5,7,10,12H,2-3,6,8,13H2,1H3. The number of nitrogens with two attached hydrogens (primary N) is 1. The highest BCUT2D eigenvalue weighted by Crippen LogP contribution is 2.27. The lowest BCUT2D eigenvalue weighted by molar-refractivity contribution is 0.0446. The van der Waals surface area contributed by atoms with Crippen LogP contribution in [0.1, 0.15) is 30.0 Å². The Morgan fingerprint density at radius 1 is 1.60 bits per heavy atom. The van der Waals surface area contributed by atoms with Gasteiger partial charge in [-0.15, -0.1) is 0 Å². The third-order valence-electron chi connectivity index (χ3n) is 3.14. The van der Waals surface area contributed by atoms with Gasteiger partial charge in [-0.2, -0.15) is 0 Å². The number of aromatic nitrogens is 1. The van der Waals surface area contributed by atoms with Crippen molar-refractivity contribution in [2.45, 2.75) is 25.8 Å². The van der Waals surface area contributed by atoms with Gasteiger partial charge in [0.1, 0.15) is 0 Å². The Kier molecular flexibility index (Phi) is 3.34. The van der Waals surface area contributed by atoms with Gasteiger partial charge in [-0.25, -0.2) is 0 Å². The van der Waals surface area contributed by atoms with Gasteiger partial charge in [-0.1, -0.05) is 0 Å². The van der Waals surface area contributed by atoms with Crippen LogP contribution < -0.4 is 5.73 Å². The van der Waals surface area contributed by atoms with E-state index in [4.69, 9.17) is 10.5 Å². The van der Waals surface area contributed by atoms with Gasteiger partial charge >= 0.3 is 0 Å². The van der Waals surface area contributed by atoms with Gasteiger partial charge in [0.05, 0.1) is 6.61 Å². The Bertz CT molecular complexity index is 321. The fourth-order valence-electron chi connectivity index (χ4n) is 2.13. The number of nitrogens with zero attached hydrogens (tertiary/aromatic N) is 1. The van der Waals surface area contributed by atoms with Gasteiger partial charge in [0, 0.05) is 31.0 Å². The second-order valence-electron chi connectivity index (χ2n) is 4.24. The molecule has 0 saturated carbocycles. The van der Waals surface area contributed by atoms with Crippen LogP contribution >= 0.6 is 0 Å². The molecule has 2 heterocycles. The Morgan fingerprint density at radius 3 is 3.13 bits per heavy atom. The number of aryl methyl sites for hydroxylation is 1. The van der Waals surface area contributed by atoms with Crippen LogP contribution in [-0.4, -0.2) is 18.2 Å². The van der Waals surface area contributed by atoms with E-state index >= 15 is 0 Å². The van der Waals surface area contributed by atoms with Crippen molar-refractivity contribution in [3.8, 4) is 0 Å². The molecule has 1 aliphatic rings. The van der Waals surface area contributed by atoms with Gasteiger partial charge in [-0.3, -0.25) is 4.98 Å². The maximum absolute atomic E-state index is 6.25. The molecule has 0 radical (unpaired) electrons. The summed E-state index contributed by atoms with van der Waals surface area (Å²) in [5, 5.41) is 0. The van der Waals surface area contributed by atoms with Crippen molar-refractivity contribution in [3.05, 3.63) is 29.6 Å². The number of pyridine rings is 1. The summed E-state index contributed by atoms with van der Waals surface area (Å²) in [4.78, 5) is 4.14. The summed E-state index contributed by atoms with van der Waals surface area (Å²) in [7, 11) is 0. The van der Waals surface area contributed by atoms with Crippen LogP contribution in [0.4, 0.5) is 0 Å². The van der Waals surface area contributed by atoms with E-state index in [2.05, 4.69) is 11.9 Å². The fraction of sp³-hybridized carbons (Fsp3) is 0.583. The highest BCUT2D eigenvalue weighted by atomic mass is 16.5. The van der Waals surface area contributed by atoms with Crippen molar-refractivity contribution in [2.24, 2.45) is 11.7 Å². The fourth-order valence-corrected chi connectivity index (χ4v) is 2.13. The molecule has 3 nitrogen and oxygen atoms in total. The summed E-state index contributed by atoms with van der Waals surface area (Å²) in [6.45, 7) is 3.76. The molecule has 82 valence electrons. The van der Waals surface area contributed by atoms with Crippen molar-refractivity contribution in [1.82, 2.24) is 4.98 Å². The monoisotopic (exact) mass is 206 g/mol. The molecule has 0 aliphatic carbocycles. The smallest absolute Gasteiger partial charge is 0.0512 e. The van der Waals surface area contributed by atoms with E-state index in [1.165, 1.54) is 5.56 Å². The van der Waals surface area contributed by atoms with Gasteiger partial charge in [0.25, 0.3) is 0 Å². The van der Waals surface area contributed by atoms with Crippen molar-refractivity contribution < 1.29 is 4.74 Å². The minimum absolute atomic E-state index is 0.0685. The first-order valence-corrected chi connectivity index (χ1v) is 5.53. The second-order valence-corrected chi connectivity index (χ2v) is 4.24. The van der Waals surface area contributed by atoms with Crippen molar-refractivity contribution in [2.75, 3.05) is 13.2 Å². The molecule has 1 aromatic rings. The number of ether oxygens (including phenoxy) is 1. The van der Waals surface area contributed by atoms with E-state index in [1.807, 2.05) is 18.5 Å². The predicted molar refractivity (Wildman–Crippen MR) is 59.4 cm³/mol. The number of hydrogen-bond donors (Lipinski definition) is 1. The molecule has 1 aliphatic heterocycles. The third kappa shape index (κ3) is 2.36. The molecular formula is C12H18N2O. The molecular weight excluding hydrogens is 188 g/mol. The Hall–Kier alpha value is -0.930. The molecule has 2 N–H and O–H groups in total. The van der Waals surface area contributed by atoms with Gasteiger partial charge < -0.3 is 10.5 Å². The third-order valence-corrected chi connectivity index (χ3v) is 3.14. The molecule has 0 spiro atoms. The van der Waals surface area contributed by atoms with Crippen LogP contribution in [0.15, 0.2) is 18.5 Å². The summed E-state index contributed by atoms with van der Waals surface area (Å²) < 4.78 is 5.46. The highest BCUT2D eigenvalue weighted by Gasteiger charge is 2.23. The highest BCUT2D eigenvalue weighted by molar-refractivity contribution is 5.25. The lowest BCUT2D eigenvalue weighted by atomic mass is 9.88. The maximum Gasteiger partial charge on any atom is 0.0512 e. The molecule has 0 bridgehead atoms. The lowest BCUT2D eigenvalue weighted by Gasteiger charge is -2.28. The molecule has 0 amide bonds. The number of rotatable bonds is 2. The van der Waals surface area contributed by atoms with Crippen molar-refractivity contribution in [1.29, 1.82) is 0 Å². The SMILES string of the molecule is Cc1ccncc1C(N)C1CCCOC1. The first kappa shape index (κ1) is 10.6. The summed E-state index contributed by atoms with van der Waals surface area (Å²) >= 11 is 0. The molecule has 2 unspecified atom stereocenters. The minimum Gasteiger partial charge on any atom is -0.381 e. The van der Waals surface area contributed by atoms with Crippen molar-refractivity contribution in [3.63, 3.8) is 0 Å². The zero-order chi connectivity index (χ0) is 10.7. The summed E-state index contributed by atoms with van der Waals surface area (Å²) in [5.74, 6) is 0.446. The van der Waals surface area contributed by atoms with Crippen LogP contribution in [-0.2, 0) is 4.74 Å². The quantitative estimate of drug-likeness (QED) is 0.803. The van der Waals surface area contributed by atoms with Gasteiger partial charge in [-0.05, 0) is 37.0 Å². The Balaban J connectivity index is 2.12. The van der Waals surface area contributed by atoms with Crippen LogP contribution in [0.5, 0.6) is 0 Å². The predicted octanol–water partition coefficient (Wildman–Crippen LogP) is 1.82. The second kappa shape index (κ2) is 4.73. The van der Waals surface area contributed by atoms with E-state index in [0.29, 0.717) is 5.92 Å². The van der Waals surface area contributed by atoms with Crippen LogP contribution in [0, 0.1) is 12.8 Å². The summed E-state index contributed by atoms with van der Waals surface area (Å²) in [5.41, 5.74) is 8.64. The molecule has 1 aromatic heterocycles. The topological polar surface area (TPSA) is 48.1 Å². The van der Waals surface area contributed by atoms with Gasteiger partial charge in [0.2, 0.25) is 0 Å². The summed E-state index contributed by atoms with van der Waals surface area (Å²) in [6, 6.07) is 2.08. The van der Waals surface area contributed by atoms with E-state index < -0.39 is 0 Å². The lowest BCUT2D eigenvalue weighted by Crippen LogP contribution is -2.29. The van der Waals surface area contributed by atoms with Gasteiger partial charge in [0.15, 0.2) is 0 Å². The van der Waals surface area contributed by atoms with E-state index in [9.17, 15) is 0 Å². The molecule has 15 heavy (non-hydrogen) atoms. The Labute approximate surface area is 90.7 Å². The molecule has 1 saturated heterocycles. The molecule has 1 fully saturated rings. The molecule has 2 rings (SSSR count). The van der Waals surface area contributed by atoms with Crippen LogP contribution in [0.25, 0.3) is 0 Å². The van der Waals surface area contributed by atoms with Crippen LogP contribution in [0.2, 0.25) is 0 Å². The Morgan fingerprint density at radius 2 is 2.47 bits per heavy atom. The van der Waals surface area contributed by atoms with E-state index in [0.717, 1.165) is 31.6 Å². The molecule has 3 heteroatoms. The first-order valence-electron chi connectivity index (χ1n) is 5.53. The molecule has 0 aromatic carbocycles. The summed E-state index contributed by atoms with van der Waals surface area (Å²) in [6.07, 6.45) is 5.98. The number of hydrogen-bond acceptors (Lipinski definition) is 3. The van der Waals surface area contributed by atoms with E-state index in [-0.39, 0.29) is 6.04 Å². The largest absolute Gasteiger partial charge is 0.381 e. The maximum atomic E-state index is 6.25. The minimum atomic E-state index is 0.0685. The average molecular weight is 206 g/mol. The zero-order valence-corrected chi connectivity index (χ0v) is 9.15. The zero-order valence-electron chi connectivity index (χ0n) is 9.15. The van der Waals surface area contributed by atoms with E-state index in [1.54, 1.807) is 0 Å². The van der Waals surface area contributed by atoms with Crippen LogP contribution in [0.3, 0.4) is 0 Å². The molecule has 2 atom stereocenters. The first-order chi connectivity index (χ1) is 7.29. The average Bonchev–Trinajstić information content (AvgIpc) is 2.30. The van der Waals surface area contributed by atoms with Crippen molar-refractivity contribution >= 4 is 0 Å². The normalized spacial score (nSPS) is 23.7.